The molecule has 0 radical (unpaired) electrons. The van der Waals surface area contributed by atoms with Crippen LogP contribution in [0.4, 0.5) is 0 Å². The summed E-state index contributed by atoms with van der Waals surface area (Å²) < 4.78 is 38.9. The molecule has 0 aliphatic carbocycles. The number of aryl methyl sites for hydroxylation is 1. The molecule has 1 aliphatic rings. The topological polar surface area (TPSA) is 138 Å². The molecular formula is C30H42N4O6S. The highest BCUT2D eigenvalue weighted by Gasteiger charge is 2.29. The second-order valence-electron chi connectivity index (χ2n) is 10.6. The molecule has 224 valence electrons. The van der Waals surface area contributed by atoms with Crippen LogP contribution in [0.1, 0.15) is 64.2 Å². The smallest absolute Gasteiger partial charge is 0.243 e. The number of aliphatic hydroxyl groups excluding tert-OH is 1. The van der Waals surface area contributed by atoms with Crippen molar-refractivity contribution in [3.8, 4) is 22.9 Å². The highest BCUT2D eigenvalue weighted by Crippen LogP contribution is 2.26. The SMILES string of the molecule is CCCCCCCCc1nc(-c2ccc(S(=O)(=O)N3CCC(CNC[C@H](O)Oc4ccc(O)cc4)CC3)cc2)no1. The van der Waals surface area contributed by atoms with Gasteiger partial charge in [0.1, 0.15) is 11.5 Å². The Labute approximate surface area is 242 Å². The molecule has 0 bridgehead atoms. The Balaban J connectivity index is 1.19. The van der Waals surface area contributed by atoms with Crippen molar-refractivity contribution < 1.29 is 27.9 Å². The van der Waals surface area contributed by atoms with E-state index in [1.807, 2.05) is 0 Å². The van der Waals surface area contributed by atoms with Gasteiger partial charge in [0.2, 0.25) is 28.0 Å². The summed E-state index contributed by atoms with van der Waals surface area (Å²) in [6.07, 6.45) is 8.35. The number of rotatable bonds is 16. The number of piperidine rings is 1. The number of ether oxygens (including phenoxy) is 1. The Kier molecular flexibility index (Phi) is 11.6. The van der Waals surface area contributed by atoms with Crippen LogP contribution >= 0.6 is 0 Å². The summed E-state index contributed by atoms with van der Waals surface area (Å²) in [5.41, 5.74) is 0.725. The van der Waals surface area contributed by atoms with Gasteiger partial charge in [0.15, 0.2) is 0 Å². The predicted octanol–water partition coefficient (Wildman–Crippen LogP) is 4.73. The molecule has 4 rings (SSSR count). The molecule has 0 unspecified atom stereocenters. The van der Waals surface area contributed by atoms with E-state index in [0.29, 0.717) is 43.0 Å². The van der Waals surface area contributed by atoms with Gasteiger partial charge in [-0.25, -0.2) is 8.42 Å². The molecule has 11 heteroatoms. The molecule has 2 heterocycles. The molecule has 10 nitrogen and oxygen atoms in total. The van der Waals surface area contributed by atoms with Crippen molar-refractivity contribution in [2.45, 2.75) is 75.9 Å². The molecule has 1 aliphatic heterocycles. The highest BCUT2D eigenvalue weighted by molar-refractivity contribution is 7.89. The summed E-state index contributed by atoms with van der Waals surface area (Å²) in [4.78, 5) is 4.74. The van der Waals surface area contributed by atoms with E-state index in [1.165, 1.54) is 42.1 Å². The van der Waals surface area contributed by atoms with E-state index in [4.69, 9.17) is 9.26 Å². The Bertz CT molecular complexity index is 1290. The minimum absolute atomic E-state index is 0.131. The highest BCUT2D eigenvalue weighted by atomic mass is 32.2. The molecule has 3 aromatic rings. The summed E-state index contributed by atoms with van der Waals surface area (Å²) in [6, 6.07) is 12.8. The molecule has 0 saturated carbocycles. The third-order valence-corrected chi connectivity index (χ3v) is 9.31. The van der Waals surface area contributed by atoms with E-state index in [0.717, 1.165) is 37.7 Å². The number of aromatic nitrogens is 2. The lowest BCUT2D eigenvalue weighted by Gasteiger charge is -2.31. The number of sulfonamides is 1. The van der Waals surface area contributed by atoms with E-state index in [-0.39, 0.29) is 17.2 Å². The van der Waals surface area contributed by atoms with Crippen LogP contribution in [0.3, 0.4) is 0 Å². The number of phenols is 1. The average molecular weight is 587 g/mol. The fourth-order valence-corrected chi connectivity index (χ4v) is 6.41. The lowest BCUT2D eigenvalue weighted by molar-refractivity contribution is -0.0159. The van der Waals surface area contributed by atoms with Gasteiger partial charge < -0.3 is 24.8 Å². The van der Waals surface area contributed by atoms with Crippen LogP contribution in [0.2, 0.25) is 0 Å². The summed E-state index contributed by atoms with van der Waals surface area (Å²) in [7, 11) is -3.60. The number of aromatic hydroxyl groups is 1. The van der Waals surface area contributed by atoms with E-state index >= 15 is 0 Å². The Hall–Kier alpha value is -2.99. The second kappa shape index (κ2) is 15.3. The van der Waals surface area contributed by atoms with Gasteiger partial charge in [-0.2, -0.15) is 9.29 Å². The maximum atomic E-state index is 13.3. The largest absolute Gasteiger partial charge is 0.508 e. The molecule has 1 fully saturated rings. The van der Waals surface area contributed by atoms with Crippen molar-refractivity contribution in [3.63, 3.8) is 0 Å². The summed E-state index contributed by atoms with van der Waals surface area (Å²) in [5.74, 6) is 1.99. The van der Waals surface area contributed by atoms with Gasteiger partial charge in [-0.15, -0.1) is 0 Å². The fourth-order valence-electron chi connectivity index (χ4n) is 4.94. The monoisotopic (exact) mass is 586 g/mol. The lowest BCUT2D eigenvalue weighted by atomic mass is 9.98. The first-order valence-corrected chi connectivity index (χ1v) is 16.1. The molecule has 0 spiro atoms. The number of hydrogen-bond donors (Lipinski definition) is 3. The maximum Gasteiger partial charge on any atom is 0.243 e. The second-order valence-corrected chi connectivity index (χ2v) is 12.6. The summed E-state index contributed by atoms with van der Waals surface area (Å²) >= 11 is 0. The van der Waals surface area contributed by atoms with Crippen LogP contribution in [0.25, 0.3) is 11.4 Å². The van der Waals surface area contributed by atoms with Crippen molar-refractivity contribution in [2.24, 2.45) is 5.92 Å². The van der Waals surface area contributed by atoms with Crippen molar-refractivity contribution in [2.75, 3.05) is 26.2 Å². The van der Waals surface area contributed by atoms with Crippen LogP contribution in [0.15, 0.2) is 57.9 Å². The Morgan fingerprint density at radius 2 is 1.71 bits per heavy atom. The zero-order chi connectivity index (χ0) is 29.1. The van der Waals surface area contributed by atoms with E-state index in [1.54, 1.807) is 36.4 Å². The molecule has 2 aromatic carbocycles. The third kappa shape index (κ3) is 9.26. The maximum absolute atomic E-state index is 13.3. The molecule has 1 aromatic heterocycles. The average Bonchev–Trinajstić information content (AvgIpc) is 3.45. The molecule has 41 heavy (non-hydrogen) atoms. The number of unbranched alkanes of at least 4 members (excludes halogenated alkanes) is 5. The number of nitrogens with one attached hydrogen (secondary N) is 1. The van der Waals surface area contributed by atoms with Crippen molar-refractivity contribution in [1.29, 1.82) is 0 Å². The lowest BCUT2D eigenvalue weighted by Crippen LogP contribution is -2.42. The quantitative estimate of drug-likeness (QED) is 0.161. The number of aliphatic hydroxyl groups is 1. The standard InChI is InChI=1S/C30H42N4O6S/c1-2-3-4-5-6-7-8-28-32-30(33-40-28)24-9-15-27(16-10-24)41(37,38)34-19-17-23(18-20-34)21-31-22-29(36)39-26-13-11-25(35)12-14-26/h9-16,23,29,31,35-36H,2-8,17-22H2,1H3/t29-/m1/s1. The summed E-state index contributed by atoms with van der Waals surface area (Å²) in [5, 5.41) is 26.7. The fraction of sp³-hybridized carbons (Fsp3) is 0.533. The zero-order valence-corrected chi connectivity index (χ0v) is 24.6. The van der Waals surface area contributed by atoms with E-state index in [9.17, 15) is 18.6 Å². The van der Waals surface area contributed by atoms with Gasteiger partial charge in [0.25, 0.3) is 0 Å². The normalized spacial score (nSPS) is 15.7. The van der Waals surface area contributed by atoms with Crippen LogP contribution in [-0.4, -0.2) is 65.5 Å². The first-order chi connectivity index (χ1) is 19.8. The number of benzene rings is 2. The molecule has 1 saturated heterocycles. The summed E-state index contributed by atoms with van der Waals surface area (Å²) in [6.45, 7) is 3.99. The van der Waals surface area contributed by atoms with Gasteiger partial charge in [0.05, 0.1) is 11.4 Å². The first-order valence-electron chi connectivity index (χ1n) is 14.6. The minimum Gasteiger partial charge on any atom is -0.508 e. The van der Waals surface area contributed by atoms with Crippen molar-refractivity contribution in [1.82, 2.24) is 19.8 Å². The van der Waals surface area contributed by atoms with Crippen LogP contribution in [0, 0.1) is 5.92 Å². The van der Waals surface area contributed by atoms with Crippen LogP contribution < -0.4 is 10.1 Å². The van der Waals surface area contributed by atoms with Crippen molar-refractivity contribution >= 4 is 10.0 Å². The number of phenolic OH excluding ortho intramolecular Hbond substituents is 1. The third-order valence-electron chi connectivity index (χ3n) is 7.40. The van der Waals surface area contributed by atoms with Crippen LogP contribution in [0.5, 0.6) is 11.5 Å². The Morgan fingerprint density at radius 3 is 2.41 bits per heavy atom. The van der Waals surface area contributed by atoms with Gasteiger partial charge >= 0.3 is 0 Å². The predicted molar refractivity (Wildman–Crippen MR) is 156 cm³/mol. The van der Waals surface area contributed by atoms with Gasteiger partial charge in [-0.3, -0.25) is 0 Å². The molecule has 1 atom stereocenters. The number of hydrogen-bond acceptors (Lipinski definition) is 9. The van der Waals surface area contributed by atoms with Gasteiger partial charge in [-0.05, 0) is 80.3 Å². The number of nitrogens with zero attached hydrogens (tertiary/aromatic N) is 3. The van der Waals surface area contributed by atoms with Gasteiger partial charge in [0, 0.05) is 25.1 Å². The zero-order valence-electron chi connectivity index (χ0n) is 23.7. The van der Waals surface area contributed by atoms with E-state index in [2.05, 4.69) is 22.4 Å². The Morgan fingerprint density at radius 1 is 1.02 bits per heavy atom. The van der Waals surface area contributed by atoms with Gasteiger partial charge in [-0.1, -0.05) is 44.2 Å². The van der Waals surface area contributed by atoms with E-state index < -0.39 is 16.3 Å². The van der Waals surface area contributed by atoms with Crippen LogP contribution in [-0.2, 0) is 16.4 Å². The molecular weight excluding hydrogens is 544 g/mol. The van der Waals surface area contributed by atoms with Crippen molar-refractivity contribution in [3.05, 3.63) is 54.4 Å². The molecule has 0 amide bonds. The minimum atomic E-state index is -3.60. The molecule has 3 N–H and O–H groups in total. The first kappa shape index (κ1) is 31.0.